The van der Waals surface area contributed by atoms with Crippen LogP contribution in [0.1, 0.15) is 25.0 Å². The summed E-state index contributed by atoms with van der Waals surface area (Å²) in [5.74, 6) is 0. The molecule has 56 heavy (non-hydrogen) atoms. The molecule has 1 nitrogen and oxygen atoms in total. The zero-order valence-electron chi connectivity index (χ0n) is 31.5. The molecule has 0 aliphatic heterocycles. The fraction of sp³-hybridized carbons (Fsp3) is 0.0588. The van der Waals surface area contributed by atoms with Crippen molar-refractivity contribution in [1.82, 2.24) is 0 Å². The Morgan fingerprint density at radius 2 is 0.804 bits per heavy atom. The fourth-order valence-corrected chi connectivity index (χ4v) is 8.47. The minimum Gasteiger partial charge on any atom is -0.310 e. The molecule has 1 aliphatic carbocycles. The molecule has 1 aliphatic rings. The van der Waals surface area contributed by atoms with E-state index in [1.807, 2.05) is 42.5 Å². The van der Waals surface area contributed by atoms with E-state index in [1.54, 1.807) is 0 Å². The number of fused-ring (bicyclic) bond motifs is 3. The third-order valence-electron chi connectivity index (χ3n) is 11.4. The second kappa shape index (κ2) is 14.2. The van der Waals surface area contributed by atoms with E-state index in [2.05, 4.69) is 152 Å². The molecule has 256 valence electrons. The highest BCUT2D eigenvalue weighted by Gasteiger charge is 2.36. The Morgan fingerprint density at radius 1 is 0.357 bits per heavy atom. The lowest BCUT2D eigenvalue weighted by Gasteiger charge is -2.32. The molecule has 0 amide bonds. The van der Waals surface area contributed by atoms with Gasteiger partial charge in [0.25, 0.3) is 0 Å². The molecule has 9 rings (SSSR count). The maximum absolute atomic E-state index is 7.08. The van der Waals surface area contributed by atoms with Crippen LogP contribution in [-0.2, 0) is 5.41 Å². The molecule has 0 saturated heterocycles. The number of hydrogen-bond acceptors (Lipinski definition) is 1. The third-order valence-corrected chi connectivity index (χ3v) is 11.4. The smallest absolute Gasteiger partial charge is 0.113 e. The summed E-state index contributed by atoms with van der Waals surface area (Å²) in [7, 11) is 28.0. The average Bonchev–Trinajstić information content (AvgIpc) is 3.47. The Bertz CT molecular complexity index is 2710. The number of rotatable bonds is 7. The Balaban J connectivity index is 1.32. The maximum atomic E-state index is 7.08. The summed E-state index contributed by atoms with van der Waals surface area (Å²) in [6.45, 7) is 4.62. The summed E-state index contributed by atoms with van der Waals surface area (Å²) >= 11 is 0. The molecule has 0 heterocycles. The molecule has 0 N–H and O–H groups in total. The van der Waals surface area contributed by atoms with Crippen LogP contribution in [0.4, 0.5) is 17.1 Å². The Labute approximate surface area is 335 Å². The van der Waals surface area contributed by atoms with Crippen molar-refractivity contribution in [2.45, 2.75) is 19.3 Å². The first-order valence-electron chi connectivity index (χ1n) is 18.9. The Kier molecular flexibility index (Phi) is 8.98. The normalized spacial score (nSPS) is 12.5. The van der Waals surface area contributed by atoms with Gasteiger partial charge in [0.15, 0.2) is 0 Å². The number of nitrogens with zero attached hydrogens (tertiary/aromatic N) is 1. The summed E-state index contributed by atoms with van der Waals surface area (Å²) in [5, 5.41) is 0. The van der Waals surface area contributed by atoms with E-state index in [0.717, 1.165) is 50.4 Å². The van der Waals surface area contributed by atoms with E-state index >= 15 is 0 Å². The Hall–Kier alpha value is -6.18. The first-order valence-corrected chi connectivity index (χ1v) is 18.9. The summed E-state index contributed by atoms with van der Waals surface area (Å²) < 4.78 is 0. The van der Waals surface area contributed by atoms with Gasteiger partial charge in [-0.25, -0.2) is 0 Å². The van der Waals surface area contributed by atoms with Crippen LogP contribution in [0.2, 0.25) is 0 Å². The summed E-state index contributed by atoms with van der Waals surface area (Å²) in [5.41, 5.74) is 16.7. The molecule has 0 bridgehead atoms. The average molecular weight is 705 g/mol. The molecule has 5 heteroatoms. The topological polar surface area (TPSA) is 3.24 Å². The second-order valence-corrected chi connectivity index (χ2v) is 15.0. The van der Waals surface area contributed by atoms with Crippen LogP contribution in [0.15, 0.2) is 176 Å². The van der Waals surface area contributed by atoms with Gasteiger partial charge in [-0.1, -0.05) is 181 Å². The SMILES string of the molecule is [B]c1c([B])c(-c2ccc(-c3ccccc3)cc2N(c2ccc(-c3ccccc3)cc2)c2ccc3c(c2)C(C)(C)c2ccccc2-3)c([B])c([B])c1-c1ccccc1. The van der Waals surface area contributed by atoms with Crippen molar-refractivity contribution >= 4 is 70.3 Å². The van der Waals surface area contributed by atoms with E-state index in [-0.39, 0.29) is 5.41 Å². The van der Waals surface area contributed by atoms with Gasteiger partial charge in [0.05, 0.1) is 5.69 Å². The largest absolute Gasteiger partial charge is 0.310 e. The van der Waals surface area contributed by atoms with Gasteiger partial charge in [-0.05, 0) is 91.5 Å². The lowest BCUT2D eigenvalue weighted by Crippen LogP contribution is -2.44. The molecule has 8 aromatic rings. The van der Waals surface area contributed by atoms with Gasteiger partial charge in [-0.15, -0.1) is 0 Å². The second-order valence-electron chi connectivity index (χ2n) is 15.0. The highest BCUT2D eigenvalue weighted by Crippen LogP contribution is 2.51. The summed E-state index contributed by atoms with van der Waals surface area (Å²) in [4.78, 5) is 2.31. The van der Waals surface area contributed by atoms with Crippen molar-refractivity contribution in [2.75, 3.05) is 4.90 Å². The van der Waals surface area contributed by atoms with Crippen LogP contribution in [0.5, 0.6) is 0 Å². The van der Waals surface area contributed by atoms with Gasteiger partial charge in [0.1, 0.15) is 31.4 Å². The number of anilines is 3. The molecule has 0 spiro atoms. The summed E-state index contributed by atoms with van der Waals surface area (Å²) in [6, 6.07) is 61.3. The van der Waals surface area contributed by atoms with Gasteiger partial charge in [0, 0.05) is 22.4 Å². The van der Waals surface area contributed by atoms with Crippen molar-refractivity contribution < 1.29 is 0 Å². The van der Waals surface area contributed by atoms with Gasteiger partial charge in [-0.3, -0.25) is 0 Å². The van der Waals surface area contributed by atoms with E-state index in [9.17, 15) is 0 Å². The zero-order valence-corrected chi connectivity index (χ0v) is 31.5. The zero-order chi connectivity index (χ0) is 38.6. The van der Waals surface area contributed by atoms with Gasteiger partial charge in [0.2, 0.25) is 0 Å². The third kappa shape index (κ3) is 5.94. The predicted molar refractivity (Wildman–Crippen MR) is 242 cm³/mol. The molecule has 8 aromatic carbocycles. The van der Waals surface area contributed by atoms with E-state index in [4.69, 9.17) is 31.4 Å². The van der Waals surface area contributed by atoms with Crippen LogP contribution in [0.3, 0.4) is 0 Å². The minimum absolute atomic E-state index is 0.204. The van der Waals surface area contributed by atoms with Crippen molar-refractivity contribution in [3.8, 4) is 55.6 Å². The minimum atomic E-state index is -0.204. The lowest BCUT2D eigenvalue weighted by atomic mass is 9.62. The van der Waals surface area contributed by atoms with Crippen LogP contribution in [0, 0.1) is 0 Å². The van der Waals surface area contributed by atoms with E-state index < -0.39 is 0 Å². The highest BCUT2D eigenvalue weighted by molar-refractivity contribution is 6.62. The van der Waals surface area contributed by atoms with Crippen molar-refractivity contribution in [3.63, 3.8) is 0 Å². The van der Waals surface area contributed by atoms with Crippen molar-refractivity contribution in [2.24, 2.45) is 0 Å². The monoisotopic (exact) mass is 705 g/mol. The number of hydrogen-bond donors (Lipinski definition) is 0. The first-order chi connectivity index (χ1) is 27.2. The molecule has 8 radical (unpaired) electrons. The van der Waals surface area contributed by atoms with Crippen LogP contribution < -0.4 is 26.8 Å². The number of benzene rings is 8. The van der Waals surface area contributed by atoms with Crippen LogP contribution in [0.25, 0.3) is 55.6 Å². The molecular formula is C51H35B4N. The van der Waals surface area contributed by atoms with Gasteiger partial charge >= 0.3 is 0 Å². The molecule has 0 saturated carbocycles. The van der Waals surface area contributed by atoms with Gasteiger partial charge < -0.3 is 4.90 Å². The molecular weight excluding hydrogens is 670 g/mol. The van der Waals surface area contributed by atoms with E-state index in [0.29, 0.717) is 33.0 Å². The van der Waals surface area contributed by atoms with Crippen molar-refractivity contribution in [3.05, 3.63) is 187 Å². The Morgan fingerprint density at radius 3 is 1.43 bits per heavy atom. The first kappa shape index (κ1) is 35.5. The lowest BCUT2D eigenvalue weighted by molar-refractivity contribution is 0.660. The molecule has 0 aromatic heterocycles. The predicted octanol–water partition coefficient (Wildman–Crippen LogP) is 9.31. The van der Waals surface area contributed by atoms with E-state index in [1.165, 1.54) is 22.3 Å². The molecule has 0 unspecified atom stereocenters. The maximum Gasteiger partial charge on any atom is 0.113 e. The van der Waals surface area contributed by atoms with Gasteiger partial charge in [-0.2, -0.15) is 0 Å². The quantitative estimate of drug-likeness (QED) is 0.150. The van der Waals surface area contributed by atoms with Crippen LogP contribution in [-0.4, -0.2) is 31.4 Å². The van der Waals surface area contributed by atoms with Crippen molar-refractivity contribution in [1.29, 1.82) is 0 Å². The fourth-order valence-electron chi connectivity index (χ4n) is 8.47. The van der Waals surface area contributed by atoms with Crippen LogP contribution >= 0.6 is 0 Å². The summed E-state index contributed by atoms with van der Waals surface area (Å²) in [6.07, 6.45) is 0. The highest BCUT2D eigenvalue weighted by atomic mass is 15.1. The molecule has 0 fully saturated rings. The standard InChI is InChI=1S/C51H35B4N/c1-51(2)42-21-13-12-20-39(42)40-29-27-38(31-43(40)51)56(37-25-22-34(23-26-37)32-14-6-3-7-15-32)44-30-36(33-16-8-4-9-17-33)24-28-41(44)46-49(54)47(52)45(48(53)50(46)55)35-18-10-5-11-19-35/h3-31H,1-2H3. The molecule has 0 atom stereocenters.